The molecule has 4 heteroatoms. The maximum atomic E-state index is 13.6. The van der Waals surface area contributed by atoms with Crippen LogP contribution in [0.5, 0.6) is 0 Å². The highest BCUT2D eigenvalue weighted by Crippen LogP contribution is 2.28. The molecular weight excluding hydrogens is 229 g/mol. The van der Waals surface area contributed by atoms with Gasteiger partial charge in [-0.2, -0.15) is 5.10 Å². The molecule has 0 saturated carbocycles. The number of hydrogen-bond donors (Lipinski definition) is 1. The zero-order valence-corrected chi connectivity index (χ0v) is 11.2. The summed E-state index contributed by atoms with van der Waals surface area (Å²) in [4.78, 5) is 0. The Labute approximate surface area is 107 Å². The summed E-state index contributed by atoms with van der Waals surface area (Å²) in [5, 5.41) is 7.37. The van der Waals surface area contributed by atoms with Crippen LogP contribution in [0.15, 0.2) is 18.2 Å². The SMILES string of the molecule is CNCc1cc(-c2c(C)nn(C)c2C)ccc1F. The molecule has 0 atom stereocenters. The second-order valence-corrected chi connectivity index (χ2v) is 4.51. The number of rotatable bonds is 3. The maximum absolute atomic E-state index is 13.6. The highest BCUT2D eigenvalue weighted by molar-refractivity contribution is 5.69. The molecule has 1 aromatic carbocycles. The van der Waals surface area contributed by atoms with E-state index in [0.29, 0.717) is 12.1 Å². The van der Waals surface area contributed by atoms with Crippen molar-refractivity contribution in [3.05, 3.63) is 41.0 Å². The molecule has 1 heterocycles. The third kappa shape index (κ3) is 2.16. The summed E-state index contributed by atoms with van der Waals surface area (Å²) in [5.41, 5.74) is 4.85. The van der Waals surface area contributed by atoms with Gasteiger partial charge in [-0.05, 0) is 38.6 Å². The van der Waals surface area contributed by atoms with Crippen LogP contribution in [0.4, 0.5) is 4.39 Å². The van der Waals surface area contributed by atoms with E-state index in [-0.39, 0.29) is 5.82 Å². The first-order chi connectivity index (χ1) is 8.54. The number of aryl methyl sites for hydroxylation is 2. The minimum Gasteiger partial charge on any atom is -0.316 e. The highest BCUT2D eigenvalue weighted by atomic mass is 19.1. The average molecular weight is 247 g/mol. The van der Waals surface area contributed by atoms with Gasteiger partial charge in [0.15, 0.2) is 0 Å². The normalized spacial score (nSPS) is 10.9. The smallest absolute Gasteiger partial charge is 0.127 e. The fourth-order valence-electron chi connectivity index (χ4n) is 2.25. The predicted octanol–water partition coefficient (Wildman–Crippen LogP) is 2.56. The fourth-order valence-corrected chi connectivity index (χ4v) is 2.25. The summed E-state index contributed by atoms with van der Waals surface area (Å²) in [5.74, 6) is -0.174. The minimum atomic E-state index is -0.174. The molecular formula is C14H18FN3. The van der Waals surface area contributed by atoms with Gasteiger partial charge in [0.05, 0.1) is 5.69 Å². The topological polar surface area (TPSA) is 29.9 Å². The maximum Gasteiger partial charge on any atom is 0.127 e. The van der Waals surface area contributed by atoms with E-state index < -0.39 is 0 Å². The van der Waals surface area contributed by atoms with E-state index >= 15 is 0 Å². The summed E-state index contributed by atoms with van der Waals surface area (Å²) in [6.07, 6.45) is 0. The Morgan fingerprint density at radius 3 is 2.61 bits per heavy atom. The number of nitrogens with zero attached hydrogens (tertiary/aromatic N) is 2. The zero-order chi connectivity index (χ0) is 13.3. The van der Waals surface area contributed by atoms with Crippen molar-refractivity contribution in [2.24, 2.45) is 7.05 Å². The predicted molar refractivity (Wildman–Crippen MR) is 70.8 cm³/mol. The van der Waals surface area contributed by atoms with Gasteiger partial charge >= 0.3 is 0 Å². The Bertz CT molecular complexity index is 573. The summed E-state index contributed by atoms with van der Waals surface area (Å²) >= 11 is 0. The van der Waals surface area contributed by atoms with Crippen LogP contribution < -0.4 is 5.32 Å². The largest absolute Gasteiger partial charge is 0.316 e. The molecule has 96 valence electrons. The lowest BCUT2D eigenvalue weighted by molar-refractivity contribution is 0.601. The summed E-state index contributed by atoms with van der Waals surface area (Å²) in [6, 6.07) is 5.22. The van der Waals surface area contributed by atoms with Crippen LogP contribution in [0.25, 0.3) is 11.1 Å². The fraction of sp³-hybridized carbons (Fsp3) is 0.357. The number of aromatic nitrogens is 2. The molecule has 0 fully saturated rings. The van der Waals surface area contributed by atoms with E-state index in [4.69, 9.17) is 0 Å². The van der Waals surface area contributed by atoms with Crippen LogP contribution in [0.2, 0.25) is 0 Å². The quantitative estimate of drug-likeness (QED) is 0.903. The van der Waals surface area contributed by atoms with Crippen LogP contribution in [0.1, 0.15) is 17.0 Å². The van der Waals surface area contributed by atoms with E-state index in [0.717, 1.165) is 22.5 Å². The van der Waals surface area contributed by atoms with Gasteiger partial charge in [-0.25, -0.2) is 4.39 Å². The molecule has 1 N–H and O–H groups in total. The van der Waals surface area contributed by atoms with Gasteiger partial charge in [-0.15, -0.1) is 0 Å². The Morgan fingerprint density at radius 1 is 1.33 bits per heavy atom. The van der Waals surface area contributed by atoms with Crippen LogP contribution in [0, 0.1) is 19.7 Å². The lowest BCUT2D eigenvalue weighted by Gasteiger charge is -2.07. The van der Waals surface area contributed by atoms with Crippen molar-refractivity contribution in [1.29, 1.82) is 0 Å². The lowest BCUT2D eigenvalue weighted by Crippen LogP contribution is -2.07. The summed E-state index contributed by atoms with van der Waals surface area (Å²) < 4.78 is 15.5. The number of benzene rings is 1. The first-order valence-corrected chi connectivity index (χ1v) is 5.98. The molecule has 0 aliphatic heterocycles. The molecule has 2 aromatic rings. The molecule has 3 nitrogen and oxygen atoms in total. The Balaban J connectivity index is 2.54. The second kappa shape index (κ2) is 4.90. The summed E-state index contributed by atoms with van der Waals surface area (Å²) in [7, 11) is 3.73. The van der Waals surface area contributed by atoms with Crippen LogP contribution >= 0.6 is 0 Å². The first kappa shape index (κ1) is 12.8. The van der Waals surface area contributed by atoms with E-state index in [2.05, 4.69) is 10.4 Å². The standard InChI is InChI=1S/C14H18FN3/c1-9-14(10(2)18(4)17-9)11-5-6-13(15)12(7-11)8-16-3/h5-7,16H,8H2,1-4H3. The molecule has 0 aliphatic rings. The molecule has 1 aromatic heterocycles. The van der Waals surface area contributed by atoms with E-state index in [1.807, 2.05) is 44.8 Å². The van der Waals surface area contributed by atoms with Crippen molar-refractivity contribution in [3.8, 4) is 11.1 Å². The highest BCUT2D eigenvalue weighted by Gasteiger charge is 2.13. The van der Waals surface area contributed by atoms with Crippen molar-refractivity contribution in [1.82, 2.24) is 15.1 Å². The monoisotopic (exact) mass is 247 g/mol. The van der Waals surface area contributed by atoms with Crippen LogP contribution in [-0.4, -0.2) is 16.8 Å². The Hall–Kier alpha value is -1.68. The average Bonchev–Trinajstić information content (AvgIpc) is 2.57. The van der Waals surface area contributed by atoms with Crippen LogP contribution in [-0.2, 0) is 13.6 Å². The molecule has 18 heavy (non-hydrogen) atoms. The molecule has 0 radical (unpaired) electrons. The van der Waals surface area contributed by atoms with Crippen molar-refractivity contribution < 1.29 is 4.39 Å². The van der Waals surface area contributed by atoms with E-state index in [1.165, 1.54) is 6.07 Å². The van der Waals surface area contributed by atoms with Gasteiger partial charge in [0.1, 0.15) is 5.82 Å². The minimum absolute atomic E-state index is 0.174. The number of halogens is 1. The number of nitrogens with one attached hydrogen (secondary N) is 1. The van der Waals surface area contributed by atoms with Crippen molar-refractivity contribution in [2.45, 2.75) is 20.4 Å². The molecule has 0 saturated heterocycles. The van der Waals surface area contributed by atoms with Gasteiger partial charge < -0.3 is 5.32 Å². The van der Waals surface area contributed by atoms with Gasteiger partial charge in [-0.1, -0.05) is 6.07 Å². The Kier molecular flexibility index (Phi) is 3.48. The van der Waals surface area contributed by atoms with Gasteiger partial charge in [0, 0.05) is 30.4 Å². The first-order valence-electron chi connectivity index (χ1n) is 5.98. The molecule has 0 aliphatic carbocycles. The summed E-state index contributed by atoms with van der Waals surface area (Å²) in [6.45, 7) is 4.53. The van der Waals surface area contributed by atoms with E-state index in [1.54, 1.807) is 0 Å². The molecule has 0 unspecified atom stereocenters. The van der Waals surface area contributed by atoms with Gasteiger partial charge in [0.2, 0.25) is 0 Å². The van der Waals surface area contributed by atoms with Crippen molar-refractivity contribution >= 4 is 0 Å². The molecule has 0 bridgehead atoms. The zero-order valence-electron chi connectivity index (χ0n) is 11.2. The van der Waals surface area contributed by atoms with Gasteiger partial charge in [0.25, 0.3) is 0 Å². The number of hydrogen-bond acceptors (Lipinski definition) is 2. The van der Waals surface area contributed by atoms with E-state index in [9.17, 15) is 4.39 Å². The molecule has 0 amide bonds. The molecule has 0 spiro atoms. The third-order valence-electron chi connectivity index (χ3n) is 3.21. The van der Waals surface area contributed by atoms with Crippen LogP contribution in [0.3, 0.4) is 0 Å². The third-order valence-corrected chi connectivity index (χ3v) is 3.21. The second-order valence-electron chi connectivity index (χ2n) is 4.51. The van der Waals surface area contributed by atoms with Gasteiger partial charge in [-0.3, -0.25) is 4.68 Å². The Morgan fingerprint density at radius 2 is 2.06 bits per heavy atom. The van der Waals surface area contributed by atoms with Crippen molar-refractivity contribution in [2.75, 3.05) is 7.05 Å². The molecule has 2 rings (SSSR count). The lowest BCUT2D eigenvalue weighted by atomic mass is 10.0. The van der Waals surface area contributed by atoms with Crippen molar-refractivity contribution in [3.63, 3.8) is 0 Å².